The minimum absolute atomic E-state index is 0.0418. The quantitative estimate of drug-likeness (QED) is 0.728. The largest absolute Gasteiger partial charge is 0.336 e. The van der Waals surface area contributed by atoms with Crippen LogP contribution in [0.2, 0.25) is 0 Å². The lowest BCUT2D eigenvalue weighted by molar-refractivity contribution is -0.132. The summed E-state index contributed by atoms with van der Waals surface area (Å²) >= 11 is 0. The molecule has 2 amide bonds. The molecule has 2 aromatic carbocycles. The molecule has 0 aliphatic carbocycles. The number of unbranched alkanes of at least 4 members (excludes halogenated alkanes) is 1. The molecule has 150 valence electrons. The molecule has 4 nitrogen and oxygen atoms in total. The Labute approximate surface area is 169 Å². The van der Waals surface area contributed by atoms with Gasteiger partial charge in [-0.25, -0.2) is 0 Å². The zero-order chi connectivity index (χ0) is 20.7. The molecule has 28 heavy (non-hydrogen) atoms. The number of nitrogens with zero attached hydrogens (tertiary/aromatic N) is 1. The van der Waals surface area contributed by atoms with E-state index in [0.717, 1.165) is 28.8 Å². The SMILES string of the molecule is CCCCc1ccc(CC(=O)N(C)CC(=O)Nc2c(C)cc(C)cc2C)cc1. The van der Waals surface area contributed by atoms with E-state index in [2.05, 4.69) is 24.4 Å². The molecular formula is C24H32N2O2. The van der Waals surface area contributed by atoms with E-state index in [4.69, 9.17) is 0 Å². The number of anilines is 1. The highest BCUT2D eigenvalue weighted by atomic mass is 16.2. The fourth-order valence-electron chi connectivity index (χ4n) is 3.37. The Morgan fingerprint density at radius 1 is 0.964 bits per heavy atom. The van der Waals surface area contributed by atoms with Crippen molar-refractivity contribution in [1.82, 2.24) is 4.90 Å². The van der Waals surface area contributed by atoms with Crippen molar-refractivity contribution in [2.24, 2.45) is 0 Å². The van der Waals surface area contributed by atoms with Gasteiger partial charge in [-0.2, -0.15) is 0 Å². The second-order valence-electron chi connectivity index (χ2n) is 7.67. The van der Waals surface area contributed by atoms with Crippen LogP contribution in [0.5, 0.6) is 0 Å². The first-order valence-electron chi connectivity index (χ1n) is 9.99. The number of aryl methyl sites for hydroxylation is 4. The van der Waals surface area contributed by atoms with Gasteiger partial charge in [0, 0.05) is 12.7 Å². The lowest BCUT2D eigenvalue weighted by atomic mass is 10.0. The van der Waals surface area contributed by atoms with Crippen molar-refractivity contribution >= 4 is 17.5 Å². The third-order valence-electron chi connectivity index (χ3n) is 4.95. The first-order chi connectivity index (χ1) is 13.3. The van der Waals surface area contributed by atoms with Crippen LogP contribution >= 0.6 is 0 Å². The third kappa shape index (κ3) is 6.22. The number of benzene rings is 2. The Morgan fingerprint density at radius 2 is 1.54 bits per heavy atom. The Kier molecular flexibility index (Phi) is 7.80. The van der Waals surface area contributed by atoms with Crippen LogP contribution in [0, 0.1) is 20.8 Å². The predicted octanol–water partition coefficient (Wildman–Crippen LogP) is 4.59. The summed E-state index contributed by atoms with van der Waals surface area (Å²) in [4.78, 5) is 26.4. The van der Waals surface area contributed by atoms with E-state index in [-0.39, 0.29) is 18.4 Å². The molecule has 0 saturated heterocycles. The zero-order valence-electron chi connectivity index (χ0n) is 17.8. The van der Waals surface area contributed by atoms with Crippen molar-refractivity contribution in [3.8, 4) is 0 Å². The smallest absolute Gasteiger partial charge is 0.243 e. The Hall–Kier alpha value is -2.62. The molecular weight excluding hydrogens is 348 g/mol. The second kappa shape index (κ2) is 10.1. The molecule has 2 aromatic rings. The van der Waals surface area contributed by atoms with Crippen LogP contribution in [0.1, 0.15) is 47.6 Å². The highest BCUT2D eigenvalue weighted by Crippen LogP contribution is 2.21. The lowest BCUT2D eigenvalue weighted by Gasteiger charge is -2.18. The van der Waals surface area contributed by atoms with Gasteiger partial charge in [-0.15, -0.1) is 0 Å². The van der Waals surface area contributed by atoms with E-state index in [9.17, 15) is 9.59 Å². The molecule has 0 saturated carbocycles. The van der Waals surface area contributed by atoms with Crippen LogP contribution in [0.25, 0.3) is 0 Å². The van der Waals surface area contributed by atoms with Crippen molar-refractivity contribution in [2.45, 2.75) is 53.4 Å². The summed E-state index contributed by atoms with van der Waals surface area (Å²) < 4.78 is 0. The Morgan fingerprint density at radius 3 is 2.11 bits per heavy atom. The molecule has 0 unspecified atom stereocenters. The van der Waals surface area contributed by atoms with E-state index in [1.165, 1.54) is 28.9 Å². The summed E-state index contributed by atoms with van der Waals surface area (Å²) in [5.74, 6) is -0.241. The summed E-state index contributed by atoms with van der Waals surface area (Å²) in [5, 5.41) is 2.95. The number of nitrogens with one attached hydrogen (secondary N) is 1. The summed E-state index contributed by atoms with van der Waals surface area (Å²) in [7, 11) is 1.67. The van der Waals surface area contributed by atoms with Gasteiger partial charge in [-0.05, 0) is 55.9 Å². The summed E-state index contributed by atoms with van der Waals surface area (Å²) in [6.45, 7) is 8.22. The number of hydrogen-bond donors (Lipinski definition) is 1. The molecule has 0 atom stereocenters. The van der Waals surface area contributed by atoms with Crippen LogP contribution in [0.4, 0.5) is 5.69 Å². The number of hydrogen-bond acceptors (Lipinski definition) is 2. The van der Waals surface area contributed by atoms with E-state index in [1.54, 1.807) is 7.05 Å². The molecule has 4 heteroatoms. The van der Waals surface area contributed by atoms with E-state index in [1.807, 2.05) is 45.0 Å². The topological polar surface area (TPSA) is 49.4 Å². The molecule has 0 bridgehead atoms. The molecule has 2 rings (SSSR count). The number of rotatable bonds is 8. The highest BCUT2D eigenvalue weighted by Gasteiger charge is 2.15. The third-order valence-corrected chi connectivity index (χ3v) is 4.95. The predicted molar refractivity (Wildman–Crippen MR) is 116 cm³/mol. The molecule has 0 radical (unpaired) electrons. The van der Waals surface area contributed by atoms with Gasteiger partial charge in [0.15, 0.2) is 0 Å². The maximum atomic E-state index is 12.5. The number of carbonyl (C=O) groups is 2. The van der Waals surface area contributed by atoms with Gasteiger partial charge in [-0.1, -0.05) is 55.3 Å². The summed E-state index contributed by atoms with van der Waals surface area (Å²) in [6.07, 6.45) is 3.73. The lowest BCUT2D eigenvalue weighted by Crippen LogP contribution is -2.36. The van der Waals surface area contributed by atoms with Crippen LogP contribution in [0.3, 0.4) is 0 Å². The van der Waals surface area contributed by atoms with Gasteiger partial charge >= 0.3 is 0 Å². The molecule has 0 spiro atoms. The van der Waals surface area contributed by atoms with Gasteiger partial charge in [-0.3, -0.25) is 9.59 Å². The maximum Gasteiger partial charge on any atom is 0.243 e. The summed E-state index contributed by atoms with van der Waals surface area (Å²) in [5.41, 5.74) is 6.34. The van der Waals surface area contributed by atoms with Crippen molar-refractivity contribution in [1.29, 1.82) is 0 Å². The highest BCUT2D eigenvalue weighted by molar-refractivity contribution is 5.96. The van der Waals surface area contributed by atoms with E-state index < -0.39 is 0 Å². The van der Waals surface area contributed by atoms with Crippen LogP contribution in [0.15, 0.2) is 36.4 Å². The van der Waals surface area contributed by atoms with Gasteiger partial charge in [0.25, 0.3) is 0 Å². The molecule has 1 N–H and O–H groups in total. The van der Waals surface area contributed by atoms with Gasteiger partial charge in [0.05, 0.1) is 13.0 Å². The van der Waals surface area contributed by atoms with Crippen LogP contribution in [-0.2, 0) is 22.4 Å². The van der Waals surface area contributed by atoms with Crippen molar-refractivity contribution < 1.29 is 9.59 Å². The van der Waals surface area contributed by atoms with Crippen molar-refractivity contribution in [2.75, 3.05) is 18.9 Å². The Balaban J connectivity index is 1.90. The van der Waals surface area contributed by atoms with Crippen LogP contribution < -0.4 is 5.32 Å². The molecule has 0 fully saturated rings. The Bertz CT molecular complexity index is 802. The van der Waals surface area contributed by atoms with E-state index in [0.29, 0.717) is 6.42 Å². The molecule has 0 heterocycles. The van der Waals surface area contributed by atoms with Crippen molar-refractivity contribution in [3.05, 3.63) is 64.2 Å². The minimum Gasteiger partial charge on any atom is -0.336 e. The summed E-state index contributed by atoms with van der Waals surface area (Å²) in [6, 6.07) is 12.3. The molecule has 0 aromatic heterocycles. The zero-order valence-corrected chi connectivity index (χ0v) is 17.8. The fourth-order valence-corrected chi connectivity index (χ4v) is 3.37. The number of likely N-dealkylation sites (N-methyl/N-ethyl adjacent to an activating group) is 1. The maximum absolute atomic E-state index is 12.5. The second-order valence-corrected chi connectivity index (χ2v) is 7.67. The minimum atomic E-state index is -0.180. The normalized spacial score (nSPS) is 10.6. The molecule has 0 aliphatic heterocycles. The first-order valence-corrected chi connectivity index (χ1v) is 9.99. The monoisotopic (exact) mass is 380 g/mol. The van der Waals surface area contributed by atoms with Crippen LogP contribution in [-0.4, -0.2) is 30.3 Å². The van der Waals surface area contributed by atoms with Gasteiger partial charge < -0.3 is 10.2 Å². The first kappa shape index (κ1) is 21.7. The van der Waals surface area contributed by atoms with Gasteiger partial charge in [0.1, 0.15) is 0 Å². The number of carbonyl (C=O) groups excluding carboxylic acids is 2. The standard InChI is InChI=1S/C24H32N2O2/c1-6-7-8-20-9-11-21(12-10-20)15-23(28)26(5)16-22(27)25-24-18(3)13-17(2)14-19(24)4/h9-14H,6-8,15-16H2,1-5H3,(H,25,27). The average molecular weight is 381 g/mol. The number of amides is 2. The van der Waals surface area contributed by atoms with Crippen molar-refractivity contribution in [3.63, 3.8) is 0 Å². The van der Waals surface area contributed by atoms with E-state index >= 15 is 0 Å². The molecule has 0 aliphatic rings. The fraction of sp³-hybridized carbons (Fsp3) is 0.417. The average Bonchev–Trinajstić information content (AvgIpc) is 2.64. The van der Waals surface area contributed by atoms with Gasteiger partial charge in [0.2, 0.25) is 11.8 Å².